The van der Waals surface area contributed by atoms with Gasteiger partial charge in [0, 0.05) is 23.7 Å². The Labute approximate surface area is 154 Å². The molecule has 1 N–H and O–H groups in total. The summed E-state index contributed by atoms with van der Waals surface area (Å²) in [5.74, 6) is 0.00783. The SMILES string of the molecule is O=C(c1ccc2ncsc2c1)N1CCC(O)(c2ccc(Cl)cc2)CC1. The number of carbonyl (C=O) groups is 1. The second-order valence-electron chi connectivity index (χ2n) is 6.37. The molecule has 0 saturated carbocycles. The maximum Gasteiger partial charge on any atom is 0.253 e. The monoisotopic (exact) mass is 372 g/mol. The molecule has 0 atom stereocenters. The van der Waals surface area contributed by atoms with E-state index < -0.39 is 5.60 Å². The van der Waals surface area contributed by atoms with Crippen LogP contribution >= 0.6 is 22.9 Å². The van der Waals surface area contributed by atoms with Gasteiger partial charge in [0.25, 0.3) is 5.91 Å². The molecular formula is C19H17ClN2O2S. The number of benzene rings is 2. The van der Waals surface area contributed by atoms with Crippen LogP contribution in [0.25, 0.3) is 10.2 Å². The largest absolute Gasteiger partial charge is 0.385 e. The minimum atomic E-state index is -0.900. The highest BCUT2D eigenvalue weighted by atomic mass is 35.5. The molecule has 2 heterocycles. The summed E-state index contributed by atoms with van der Waals surface area (Å²) in [5.41, 5.74) is 3.33. The van der Waals surface area contributed by atoms with Crippen LogP contribution in [-0.4, -0.2) is 34.0 Å². The lowest BCUT2D eigenvalue weighted by molar-refractivity contribution is -0.0211. The molecule has 1 aliphatic heterocycles. The molecule has 3 aromatic rings. The number of nitrogens with zero attached hydrogens (tertiary/aromatic N) is 2. The van der Waals surface area contributed by atoms with Crippen molar-refractivity contribution in [3.8, 4) is 0 Å². The van der Waals surface area contributed by atoms with E-state index in [4.69, 9.17) is 11.6 Å². The third-order valence-corrected chi connectivity index (χ3v) is 5.88. The fourth-order valence-corrected chi connectivity index (χ4v) is 4.14. The van der Waals surface area contributed by atoms with E-state index in [1.54, 1.807) is 17.6 Å². The number of aromatic nitrogens is 1. The van der Waals surface area contributed by atoms with Crippen LogP contribution in [0.15, 0.2) is 48.0 Å². The number of hydrogen-bond donors (Lipinski definition) is 1. The minimum Gasteiger partial charge on any atom is -0.385 e. The Morgan fingerprint density at radius 2 is 1.88 bits per heavy atom. The van der Waals surface area contributed by atoms with Crippen LogP contribution in [0.5, 0.6) is 0 Å². The maximum absolute atomic E-state index is 12.8. The van der Waals surface area contributed by atoms with Gasteiger partial charge in [-0.05, 0) is 48.7 Å². The summed E-state index contributed by atoms with van der Waals surface area (Å²) in [4.78, 5) is 18.8. The molecule has 1 amide bonds. The Balaban J connectivity index is 1.49. The van der Waals surface area contributed by atoms with Gasteiger partial charge in [0.15, 0.2) is 0 Å². The molecule has 4 nitrogen and oxygen atoms in total. The van der Waals surface area contributed by atoms with Gasteiger partial charge in [0.05, 0.1) is 21.3 Å². The highest BCUT2D eigenvalue weighted by molar-refractivity contribution is 7.16. The number of halogens is 1. The molecule has 0 aliphatic carbocycles. The van der Waals surface area contributed by atoms with E-state index in [1.807, 2.05) is 35.2 Å². The third-order valence-electron chi connectivity index (χ3n) is 4.84. The van der Waals surface area contributed by atoms with Crippen LogP contribution in [0, 0.1) is 0 Å². The normalized spacial score (nSPS) is 17.0. The predicted octanol–water partition coefficient (Wildman–Crippen LogP) is 4.07. The molecule has 6 heteroatoms. The minimum absolute atomic E-state index is 0.00783. The van der Waals surface area contributed by atoms with Crippen molar-refractivity contribution in [2.24, 2.45) is 0 Å². The van der Waals surface area contributed by atoms with Gasteiger partial charge in [-0.15, -0.1) is 11.3 Å². The first-order valence-corrected chi connectivity index (χ1v) is 9.42. The van der Waals surface area contributed by atoms with E-state index in [2.05, 4.69) is 4.98 Å². The van der Waals surface area contributed by atoms with Crippen LogP contribution in [0.2, 0.25) is 5.02 Å². The number of carbonyl (C=O) groups excluding carboxylic acids is 1. The summed E-state index contributed by atoms with van der Waals surface area (Å²) in [6, 6.07) is 12.9. The van der Waals surface area contributed by atoms with Gasteiger partial charge in [0.1, 0.15) is 0 Å². The molecule has 0 bridgehead atoms. The van der Waals surface area contributed by atoms with Crippen LogP contribution in [-0.2, 0) is 5.60 Å². The van der Waals surface area contributed by atoms with Gasteiger partial charge in [-0.3, -0.25) is 4.79 Å². The van der Waals surface area contributed by atoms with Crippen LogP contribution in [0.1, 0.15) is 28.8 Å². The second-order valence-corrected chi connectivity index (χ2v) is 7.69. The predicted molar refractivity (Wildman–Crippen MR) is 100 cm³/mol. The van der Waals surface area contributed by atoms with E-state index in [0.29, 0.717) is 36.5 Å². The summed E-state index contributed by atoms with van der Waals surface area (Å²) in [7, 11) is 0. The van der Waals surface area contributed by atoms with Crippen molar-refractivity contribution in [2.75, 3.05) is 13.1 Å². The lowest BCUT2D eigenvalue weighted by Gasteiger charge is -2.38. The fourth-order valence-electron chi connectivity index (χ4n) is 3.30. The van der Waals surface area contributed by atoms with E-state index >= 15 is 0 Å². The van der Waals surface area contributed by atoms with E-state index in [0.717, 1.165) is 15.8 Å². The number of aliphatic hydroxyl groups is 1. The molecule has 0 radical (unpaired) electrons. The van der Waals surface area contributed by atoms with Crippen LogP contribution < -0.4 is 0 Å². The quantitative estimate of drug-likeness (QED) is 0.737. The highest BCUT2D eigenvalue weighted by Gasteiger charge is 2.35. The zero-order valence-electron chi connectivity index (χ0n) is 13.5. The van der Waals surface area contributed by atoms with Crippen molar-refractivity contribution in [3.05, 3.63) is 64.1 Å². The van der Waals surface area contributed by atoms with Crippen molar-refractivity contribution < 1.29 is 9.90 Å². The maximum atomic E-state index is 12.8. The summed E-state index contributed by atoms with van der Waals surface area (Å²) < 4.78 is 1.01. The summed E-state index contributed by atoms with van der Waals surface area (Å²) in [6.07, 6.45) is 1.03. The number of amides is 1. The summed E-state index contributed by atoms with van der Waals surface area (Å²) in [6.45, 7) is 1.05. The number of thiazole rings is 1. The van der Waals surface area contributed by atoms with Crippen molar-refractivity contribution in [2.45, 2.75) is 18.4 Å². The average Bonchev–Trinajstić information content (AvgIpc) is 3.10. The van der Waals surface area contributed by atoms with Gasteiger partial charge in [-0.1, -0.05) is 23.7 Å². The first-order valence-electron chi connectivity index (χ1n) is 8.16. The molecule has 2 aromatic carbocycles. The molecule has 128 valence electrons. The number of likely N-dealkylation sites (tertiary alicyclic amines) is 1. The molecule has 0 spiro atoms. The van der Waals surface area contributed by atoms with Crippen molar-refractivity contribution >= 4 is 39.1 Å². The second kappa shape index (κ2) is 6.41. The molecule has 1 aliphatic rings. The Morgan fingerprint density at radius 1 is 1.16 bits per heavy atom. The Kier molecular flexibility index (Phi) is 4.23. The van der Waals surface area contributed by atoms with Crippen molar-refractivity contribution in [3.63, 3.8) is 0 Å². The zero-order chi connectivity index (χ0) is 17.4. The van der Waals surface area contributed by atoms with Gasteiger partial charge >= 0.3 is 0 Å². The molecular weight excluding hydrogens is 356 g/mol. The van der Waals surface area contributed by atoms with Gasteiger partial charge < -0.3 is 10.0 Å². The number of piperidine rings is 1. The van der Waals surface area contributed by atoms with E-state index in [-0.39, 0.29) is 5.91 Å². The molecule has 4 rings (SSSR count). The Hall–Kier alpha value is -1.95. The first-order chi connectivity index (χ1) is 12.0. The lowest BCUT2D eigenvalue weighted by atomic mass is 9.84. The van der Waals surface area contributed by atoms with Crippen molar-refractivity contribution in [1.29, 1.82) is 0 Å². The molecule has 1 aromatic heterocycles. The van der Waals surface area contributed by atoms with E-state index in [9.17, 15) is 9.90 Å². The van der Waals surface area contributed by atoms with Crippen LogP contribution in [0.4, 0.5) is 0 Å². The van der Waals surface area contributed by atoms with Crippen molar-refractivity contribution in [1.82, 2.24) is 9.88 Å². The summed E-state index contributed by atoms with van der Waals surface area (Å²) >= 11 is 7.45. The van der Waals surface area contributed by atoms with Gasteiger partial charge in [0.2, 0.25) is 0 Å². The fraction of sp³-hybridized carbons (Fsp3) is 0.263. The molecule has 25 heavy (non-hydrogen) atoms. The first kappa shape index (κ1) is 16.5. The number of hydrogen-bond acceptors (Lipinski definition) is 4. The smallest absolute Gasteiger partial charge is 0.253 e. The topological polar surface area (TPSA) is 53.4 Å². The number of rotatable bonds is 2. The molecule has 0 unspecified atom stereocenters. The van der Waals surface area contributed by atoms with E-state index in [1.165, 1.54) is 11.3 Å². The van der Waals surface area contributed by atoms with Crippen LogP contribution in [0.3, 0.4) is 0 Å². The third kappa shape index (κ3) is 3.15. The zero-order valence-corrected chi connectivity index (χ0v) is 15.1. The summed E-state index contributed by atoms with van der Waals surface area (Å²) in [5, 5.41) is 11.6. The molecule has 1 saturated heterocycles. The Morgan fingerprint density at radius 3 is 2.60 bits per heavy atom. The van der Waals surface area contributed by atoms with Gasteiger partial charge in [-0.25, -0.2) is 4.98 Å². The molecule has 1 fully saturated rings. The van der Waals surface area contributed by atoms with Gasteiger partial charge in [-0.2, -0.15) is 0 Å². The lowest BCUT2D eigenvalue weighted by Crippen LogP contribution is -2.45. The standard InChI is InChI=1S/C19H17ClN2O2S/c20-15-4-2-14(3-5-15)19(24)7-9-22(10-8-19)18(23)13-1-6-16-17(11-13)25-12-21-16/h1-6,11-12,24H,7-10H2. The Bertz CT molecular complexity index is 915. The average molecular weight is 373 g/mol. The number of fused-ring (bicyclic) bond motifs is 1. The highest BCUT2D eigenvalue weighted by Crippen LogP contribution is 2.34.